The standard InChI is InChI=1S/C10H19N3/c1-9-7-12-13(8-9)6-4-5-10(2)11-3/h7-8,10-11H,4-6H2,1-3H3. The number of aromatic nitrogens is 2. The average molecular weight is 181 g/mol. The maximum Gasteiger partial charge on any atom is 0.0518 e. The monoisotopic (exact) mass is 181 g/mol. The van der Waals surface area contributed by atoms with Gasteiger partial charge in [0.15, 0.2) is 0 Å². The summed E-state index contributed by atoms with van der Waals surface area (Å²) in [7, 11) is 2.00. The van der Waals surface area contributed by atoms with Gasteiger partial charge in [-0.1, -0.05) is 0 Å². The molecular weight excluding hydrogens is 162 g/mol. The molecule has 0 aromatic carbocycles. The third-order valence-corrected chi connectivity index (χ3v) is 2.28. The van der Waals surface area contributed by atoms with Crippen molar-refractivity contribution in [2.45, 2.75) is 39.3 Å². The van der Waals surface area contributed by atoms with Gasteiger partial charge in [0, 0.05) is 18.8 Å². The number of nitrogens with one attached hydrogen (secondary N) is 1. The van der Waals surface area contributed by atoms with Gasteiger partial charge in [-0.3, -0.25) is 4.68 Å². The van der Waals surface area contributed by atoms with E-state index in [-0.39, 0.29) is 0 Å². The molecule has 0 spiro atoms. The smallest absolute Gasteiger partial charge is 0.0518 e. The van der Waals surface area contributed by atoms with Gasteiger partial charge < -0.3 is 5.32 Å². The van der Waals surface area contributed by atoms with Gasteiger partial charge in [0.25, 0.3) is 0 Å². The topological polar surface area (TPSA) is 29.9 Å². The second-order valence-corrected chi connectivity index (χ2v) is 3.61. The van der Waals surface area contributed by atoms with Crippen LogP contribution < -0.4 is 5.32 Å². The van der Waals surface area contributed by atoms with E-state index < -0.39 is 0 Å². The fraction of sp³-hybridized carbons (Fsp3) is 0.700. The van der Waals surface area contributed by atoms with E-state index in [1.165, 1.54) is 18.4 Å². The van der Waals surface area contributed by atoms with Crippen LogP contribution in [0.5, 0.6) is 0 Å². The van der Waals surface area contributed by atoms with E-state index >= 15 is 0 Å². The van der Waals surface area contributed by atoms with Crippen LogP contribution in [0.1, 0.15) is 25.3 Å². The second-order valence-electron chi connectivity index (χ2n) is 3.61. The maximum absolute atomic E-state index is 4.23. The lowest BCUT2D eigenvalue weighted by molar-refractivity contribution is 0.488. The van der Waals surface area contributed by atoms with Gasteiger partial charge in [-0.2, -0.15) is 5.10 Å². The first-order valence-corrected chi connectivity index (χ1v) is 4.88. The summed E-state index contributed by atoms with van der Waals surface area (Å²) >= 11 is 0. The van der Waals surface area contributed by atoms with Crippen LogP contribution in [0.15, 0.2) is 12.4 Å². The first kappa shape index (κ1) is 10.3. The highest BCUT2D eigenvalue weighted by molar-refractivity contribution is 4.99. The van der Waals surface area contributed by atoms with Crippen LogP contribution in [0.2, 0.25) is 0 Å². The highest BCUT2D eigenvalue weighted by Gasteiger charge is 1.98. The van der Waals surface area contributed by atoms with Crippen molar-refractivity contribution >= 4 is 0 Å². The molecule has 0 aliphatic heterocycles. The fourth-order valence-corrected chi connectivity index (χ4v) is 1.29. The molecule has 1 unspecified atom stereocenters. The molecule has 3 nitrogen and oxygen atoms in total. The predicted octanol–water partition coefficient (Wildman–Crippen LogP) is 1.58. The molecule has 0 fully saturated rings. The Morgan fingerprint density at radius 1 is 1.62 bits per heavy atom. The molecule has 0 aliphatic carbocycles. The Morgan fingerprint density at radius 2 is 2.38 bits per heavy atom. The molecule has 0 saturated carbocycles. The minimum absolute atomic E-state index is 0.608. The van der Waals surface area contributed by atoms with Crippen molar-refractivity contribution in [2.75, 3.05) is 7.05 Å². The summed E-state index contributed by atoms with van der Waals surface area (Å²) in [5, 5.41) is 7.46. The fourth-order valence-electron chi connectivity index (χ4n) is 1.29. The van der Waals surface area contributed by atoms with E-state index in [9.17, 15) is 0 Å². The molecule has 0 bridgehead atoms. The number of nitrogens with zero attached hydrogens (tertiary/aromatic N) is 2. The molecule has 1 aromatic heterocycles. The Balaban J connectivity index is 2.20. The third-order valence-electron chi connectivity index (χ3n) is 2.28. The van der Waals surface area contributed by atoms with E-state index in [0.717, 1.165) is 6.54 Å². The van der Waals surface area contributed by atoms with Crippen molar-refractivity contribution in [3.63, 3.8) is 0 Å². The van der Waals surface area contributed by atoms with E-state index in [0.29, 0.717) is 6.04 Å². The van der Waals surface area contributed by atoms with E-state index in [2.05, 4.69) is 30.5 Å². The Hall–Kier alpha value is -0.830. The predicted molar refractivity (Wildman–Crippen MR) is 54.7 cm³/mol. The Bertz CT molecular complexity index is 242. The Kier molecular flexibility index (Phi) is 3.96. The molecular formula is C10H19N3. The minimum atomic E-state index is 0.608. The van der Waals surface area contributed by atoms with Crippen LogP contribution in [0.25, 0.3) is 0 Å². The molecule has 3 heteroatoms. The quantitative estimate of drug-likeness (QED) is 0.747. The first-order chi connectivity index (χ1) is 6.22. The number of hydrogen-bond acceptors (Lipinski definition) is 2. The van der Waals surface area contributed by atoms with Crippen LogP contribution in [0.4, 0.5) is 0 Å². The number of hydrogen-bond donors (Lipinski definition) is 1. The van der Waals surface area contributed by atoms with Gasteiger partial charge in [-0.05, 0) is 39.3 Å². The molecule has 0 radical (unpaired) electrons. The van der Waals surface area contributed by atoms with Crippen molar-refractivity contribution in [3.05, 3.63) is 18.0 Å². The normalized spacial score (nSPS) is 13.2. The van der Waals surface area contributed by atoms with Crippen molar-refractivity contribution in [1.29, 1.82) is 0 Å². The molecule has 13 heavy (non-hydrogen) atoms. The number of rotatable bonds is 5. The SMILES string of the molecule is CNC(C)CCCn1cc(C)cn1. The average Bonchev–Trinajstić information content (AvgIpc) is 2.51. The van der Waals surface area contributed by atoms with Gasteiger partial charge in [0.2, 0.25) is 0 Å². The summed E-state index contributed by atoms with van der Waals surface area (Å²) in [6.45, 7) is 5.30. The highest BCUT2D eigenvalue weighted by atomic mass is 15.3. The van der Waals surface area contributed by atoms with Crippen LogP contribution in [0.3, 0.4) is 0 Å². The minimum Gasteiger partial charge on any atom is -0.317 e. The van der Waals surface area contributed by atoms with Crippen LogP contribution in [-0.2, 0) is 6.54 Å². The summed E-state index contributed by atoms with van der Waals surface area (Å²) in [5.74, 6) is 0. The molecule has 74 valence electrons. The summed E-state index contributed by atoms with van der Waals surface area (Å²) < 4.78 is 2.01. The molecule has 1 rings (SSSR count). The lowest BCUT2D eigenvalue weighted by Crippen LogP contribution is -2.21. The Morgan fingerprint density at radius 3 is 2.92 bits per heavy atom. The van der Waals surface area contributed by atoms with E-state index in [4.69, 9.17) is 0 Å². The molecule has 0 aliphatic rings. The summed E-state index contributed by atoms with van der Waals surface area (Å²) in [4.78, 5) is 0. The van der Waals surface area contributed by atoms with Crippen LogP contribution in [-0.4, -0.2) is 22.9 Å². The Labute approximate surface area is 80.1 Å². The molecule has 0 saturated heterocycles. The summed E-state index contributed by atoms with van der Waals surface area (Å²) in [6, 6.07) is 0.608. The second kappa shape index (κ2) is 5.02. The molecule has 1 atom stereocenters. The highest BCUT2D eigenvalue weighted by Crippen LogP contribution is 2.00. The van der Waals surface area contributed by atoms with Gasteiger partial charge >= 0.3 is 0 Å². The lowest BCUT2D eigenvalue weighted by atomic mass is 10.2. The molecule has 1 heterocycles. The summed E-state index contributed by atoms with van der Waals surface area (Å²) in [6.07, 6.45) is 6.38. The lowest BCUT2D eigenvalue weighted by Gasteiger charge is -2.08. The van der Waals surface area contributed by atoms with Crippen molar-refractivity contribution in [3.8, 4) is 0 Å². The molecule has 1 aromatic rings. The van der Waals surface area contributed by atoms with Crippen molar-refractivity contribution in [1.82, 2.24) is 15.1 Å². The first-order valence-electron chi connectivity index (χ1n) is 4.88. The van der Waals surface area contributed by atoms with E-state index in [1.54, 1.807) is 0 Å². The summed E-state index contributed by atoms with van der Waals surface area (Å²) in [5.41, 5.74) is 1.24. The van der Waals surface area contributed by atoms with Gasteiger partial charge in [0.05, 0.1) is 6.20 Å². The zero-order valence-electron chi connectivity index (χ0n) is 8.75. The number of aryl methyl sites for hydroxylation is 2. The molecule has 0 amide bonds. The van der Waals surface area contributed by atoms with Crippen LogP contribution >= 0.6 is 0 Å². The van der Waals surface area contributed by atoms with Gasteiger partial charge in [-0.25, -0.2) is 0 Å². The third kappa shape index (κ3) is 3.59. The van der Waals surface area contributed by atoms with Gasteiger partial charge in [-0.15, -0.1) is 0 Å². The van der Waals surface area contributed by atoms with Crippen molar-refractivity contribution in [2.24, 2.45) is 0 Å². The van der Waals surface area contributed by atoms with Gasteiger partial charge in [0.1, 0.15) is 0 Å². The maximum atomic E-state index is 4.23. The zero-order valence-corrected chi connectivity index (χ0v) is 8.75. The zero-order chi connectivity index (χ0) is 9.68. The largest absolute Gasteiger partial charge is 0.317 e. The van der Waals surface area contributed by atoms with E-state index in [1.807, 2.05) is 17.9 Å². The molecule has 1 N–H and O–H groups in total. The van der Waals surface area contributed by atoms with Crippen LogP contribution in [0, 0.1) is 6.92 Å². The van der Waals surface area contributed by atoms with Crippen molar-refractivity contribution < 1.29 is 0 Å².